The van der Waals surface area contributed by atoms with Crippen LogP contribution >= 0.6 is 11.3 Å². The molecule has 0 aliphatic carbocycles. The molecule has 0 atom stereocenters. The third kappa shape index (κ3) is 3.52. The van der Waals surface area contributed by atoms with E-state index in [0.717, 1.165) is 16.0 Å². The molecule has 1 aromatic carbocycles. The monoisotopic (exact) mass is 324 g/mol. The normalized spacial score (nSPS) is 12.0. The average Bonchev–Trinajstić information content (AvgIpc) is 2.87. The maximum absolute atomic E-state index is 12.7. The van der Waals surface area contributed by atoms with Gasteiger partial charge in [-0.15, -0.1) is 11.3 Å². The molecule has 0 aliphatic rings. The molecule has 0 bridgehead atoms. The molecule has 0 amide bonds. The van der Waals surface area contributed by atoms with Crippen molar-refractivity contribution in [1.29, 1.82) is 0 Å². The van der Waals surface area contributed by atoms with Crippen LogP contribution in [0.5, 0.6) is 0 Å². The fraction of sp³-hybridized carbons (Fsp3) is 0.333. The van der Waals surface area contributed by atoms with E-state index < -0.39 is 10.0 Å². The van der Waals surface area contributed by atoms with Crippen LogP contribution in [0.1, 0.15) is 22.9 Å². The van der Waals surface area contributed by atoms with Gasteiger partial charge in [0.25, 0.3) is 10.0 Å². The second kappa shape index (κ2) is 6.70. The summed E-state index contributed by atoms with van der Waals surface area (Å²) in [6.07, 6.45) is 0. The van der Waals surface area contributed by atoms with Gasteiger partial charge in [-0.3, -0.25) is 0 Å². The van der Waals surface area contributed by atoms with Gasteiger partial charge in [0, 0.05) is 24.5 Å². The topological polar surface area (TPSA) is 63.4 Å². The summed E-state index contributed by atoms with van der Waals surface area (Å²) in [5.74, 6) is 0. The van der Waals surface area contributed by atoms with Crippen molar-refractivity contribution in [3.05, 3.63) is 52.4 Å². The lowest BCUT2D eigenvalue weighted by atomic mass is 10.2. The Morgan fingerprint density at radius 2 is 1.90 bits per heavy atom. The van der Waals surface area contributed by atoms with Crippen LogP contribution in [0.2, 0.25) is 0 Å². The third-order valence-corrected chi connectivity index (χ3v) is 6.96. The zero-order chi connectivity index (χ0) is 15.5. The van der Waals surface area contributed by atoms with E-state index in [1.165, 1.54) is 15.6 Å². The molecule has 0 unspecified atom stereocenters. The van der Waals surface area contributed by atoms with Gasteiger partial charge < -0.3 is 5.73 Å². The minimum absolute atomic E-state index is 0.372. The first kappa shape index (κ1) is 16.2. The van der Waals surface area contributed by atoms with Gasteiger partial charge in [0.2, 0.25) is 0 Å². The van der Waals surface area contributed by atoms with Crippen molar-refractivity contribution in [3.63, 3.8) is 0 Å². The van der Waals surface area contributed by atoms with Crippen LogP contribution in [0, 0.1) is 6.92 Å². The number of aryl methyl sites for hydroxylation is 1. The lowest BCUT2D eigenvalue weighted by Gasteiger charge is -2.19. The van der Waals surface area contributed by atoms with Gasteiger partial charge in [-0.05, 0) is 24.1 Å². The van der Waals surface area contributed by atoms with E-state index in [1.807, 2.05) is 44.2 Å². The van der Waals surface area contributed by atoms with Crippen LogP contribution in [0.4, 0.5) is 0 Å². The van der Waals surface area contributed by atoms with E-state index in [-0.39, 0.29) is 0 Å². The first-order valence-corrected chi connectivity index (χ1v) is 9.08. The van der Waals surface area contributed by atoms with Crippen LogP contribution in [-0.2, 0) is 23.1 Å². The van der Waals surface area contributed by atoms with Gasteiger partial charge >= 0.3 is 0 Å². The van der Waals surface area contributed by atoms with Crippen molar-refractivity contribution in [1.82, 2.24) is 4.31 Å². The summed E-state index contributed by atoms with van der Waals surface area (Å²) in [6.45, 7) is 4.94. The van der Waals surface area contributed by atoms with E-state index in [0.29, 0.717) is 23.8 Å². The zero-order valence-corrected chi connectivity index (χ0v) is 13.9. The van der Waals surface area contributed by atoms with Gasteiger partial charge in [-0.1, -0.05) is 37.3 Å². The molecule has 0 radical (unpaired) electrons. The fourth-order valence-corrected chi connectivity index (χ4v) is 5.16. The maximum Gasteiger partial charge on any atom is 0.252 e. The summed E-state index contributed by atoms with van der Waals surface area (Å²) in [4.78, 5) is 0.921. The molecule has 0 saturated carbocycles. The molecule has 0 fully saturated rings. The lowest BCUT2D eigenvalue weighted by Crippen LogP contribution is -2.29. The highest BCUT2D eigenvalue weighted by atomic mass is 32.2. The Balaban J connectivity index is 2.31. The van der Waals surface area contributed by atoms with E-state index in [9.17, 15) is 8.42 Å². The molecule has 2 rings (SSSR count). The number of thiophene rings is 1. The summed E-state index contributed by atoms with van der Waals surface area (Å²) in [5, 5.41) is 0. The molecule has 0 spiro atoms. The molecule has 0 aliphatic heterocycles. The summed E-state index contributed by atoms with van der Waals surface area (Å²) in [5.41, 5.74) is 7.56. The molecule has 2 N–H and O–H groups in total. The Labute approximate surface area is 130 Å². The van der Waals surface area contributed by atoms with Crippen LogP contribution in [0.15, 0.2) is 40.6 Å². The molecule has 0 saturated heterocycles. The van der Waals surface area contributed by atoms with Crippen molar-refractivity contribution < 1.29 is 8.42 Å². The Hall–Kier alpha value is -1.21. The first-order chi connectivity index (χ1) is 9.98. The molecule has 2 aromatic rings. The Bertz CT molecular complexity index is 694. The van der Waals surface area contributed by atoms with Crippen LogP contribution in [0.25, 0.3) is 0 Å². The summed E-state index contributed by atoms with van der Waals surface area (Å²) in [6, 6.07) is 11.3. The second-order valence-corrected chi connectivity index (χ2v) is 8.09. The van der Waals surface area contributed by atoms with Gasteiger partial charge in [-0.25, -0.2) is 8.42 Å². The standard InChI is InChI=1S/C15H20N2O2S2/c1-3-17(11-13-7-5-4-6-8-13)21(18,19)15-9-12(2)14(10-16)20-15/h4-9H,3,10-11,16H2,1-2H3. The number of nitrogens with zero attached hydrogens (tertiary/aromatic N) is 1. The molecule has 114 valence electrons. The Morgan fingerprint density at radius 3 is 2.43 bits per heavy atom. The molecule has 1 heterocycles. The largest absolute Gasteiger partial charge is 0.326 e. The predicted molar refractivity (Wildman–Crippen MR) is 86.7 cm³/mol. The molecule has 21 heavy (non-hydrogen) atoms. The smallest absolute Gasteiger partial charge is 0.252 e. The quantitative estimate of drug-likeness (QED) is 0.888. The number of benzene rings is 1. The highest BCUT2D eigenvalue weighted by Gasteiger charge is 2.25. The van der Waals surface area contributed by atoms with E-state index in [4.69, 9.17) is 5.73 Å². The van der Waals surface area contributed by atoms with E-state index in [2.05, 4.69) is 0 Å². The van der Waals surface area contributed by atoms with Crippen LogP contribution in [-0.4, -0.2) is 19.3 Å². The highest BCUT2D eigenvalue weighted by molar-refractivity contribution is 7.91. The van der Waals surface area contributed by atoms with Crippen molar-refractivity contribution in [2.75, 3.05) is 6.54 Å². The number of hydrogen-bond acceptors (Lipinski definition) is 4. The van der Waals surface area contributed by atoms with Crippen molar-refractivity contribution in [2.45, 2.75) is 31.1 Å². The summed E-state index contributed by atoms with van der Waals surface area (Å²) in [7, 11) is -3.46. The van der Waals surface area contributed by atoms with Crippen molar-refractivity contribution in [2.24, 2.45) is 5.73 Å². The first-order valence-electron chi connectivity index (χ1n) is 6.82. The molecule has 4 nitrogen and oxygen atoms in total. The van der Waals surface area contributed by atoms with Crippen molar-refractivity contribution in [3.8, 4) is 0 Å². The number of hydrogen-bond donors (Lipinski definition) is 1. The number of nitrogens with two attached hydrogens (primary N) is 1. The van der Waals surface area contributed by atoms with Gasteiger partial charge in [0.15, 0.2) is 0 Å². The zero-order valence-electron chi connectivity index (χ0n) is 12.2. The van der Waals surface area contributed by atoms with Crippen molar-refractivity contribution >= 4 is 21.4 Å². The summed E-state index contributed by atoms with van der Waals surface area (Å²) >= 11 is 1.27. The molecule has 6 heteroatoms. The SMILES string of the molecule is CCN(Cc1ccccc1)S(=O)(=O)c1cc(C)c(CN)s1. The number of rotatable bonds is 6. The van der Waals surface area contributed by atoms with Gasteiger partial charge in [0.05, 0.1) is 0 Å². The Kier molecular flexibility index (Phi) is 5.16. The lowest BCUT2D eigenvalue weighted by molar-refractivity contribution is 0.425. The van der Waals surface area contributed by atoms with Crippen LogP contribution < -0.4 is 5.73 Å². The predicted octanol–water partition coefficient (Wildman–Crippen LogP) is 2.73. The molecule has 1 aromatic heterocycles. The maximum atomic E-state index is 12.7. The molecular weight excluding hydrogens is 304 g/mol. The van der Waals surface area contributed by atoms with E-state index >= 15 is 0 Å². The van der Waals surface area contributed by atoms with Gasteiger partial charge in [-0.2, -0.15) is 4.31 Å². The summed E-state index contributed by atoms with van der Waals surface area (Å²) < 4.78 is 27.4. The second-order valence-electron chi connectivity index (χ2n) is 4.79. The number of sulfonamides is 1. The fourth-order valence-electron chi connectivity index (χ4n) is 2.10. The molecular formula is C15H20N2O2S2. The van der Waals surface area contributed by atoms with Gasteiger partial charge in [0.1, 0.15) is 4.21 Å². The third-order valence-electron chi connectivity index (χ3n) is 3.33. The minimum Gasteiger partial charge on any atom is -0.326 e. The average molecular weight is 324 g/mol. The Morgan fingerprint density at radius 1 is 1.24 bits per heavy atom. The highest BCUT2D eigenvalue weighted by Crippen LogP contribution is 2.28. The van der Waals surface area contributed by atoms with Crippen LogP contribution in [0.3, 0.4) is 0 Å². The minimum atomic E-state index is -3.46. The van der Waals surface area contributed by atoms with E-state index in [1.54, 1.807) is 6.07 Å².